The number of nitrogens with one attached hydrogen (secondary N) is 1. The molecule has 0 fully saturated rings. The van der Waals surface area contributed by atoms with Crippen molar-refractivity contribution >= 4 is 0 Å². The van der Waals surface area contributed by atoms with Gasteiger partial charge in [-0.3, -0.25) is 4.79 Å². The highest BCUT2D eigenvalue weighted by Gasteiger charge is 2.08. The first kappa shape index (κ1) is 13.2. The van der Waals surface area contributed by atoms with E-state index in [9.17, 15) is 9.18 Å². The van der Waals surface area contributed by atoms with Crippen molar-refractivity contribution in [2.45, 2.75) is 6.92 Å². The normalized spacial score (nSPS) is 10.6. The van der Waals surface area contributed by atoms with E-state index >= 15 is 0 Å². The molecule has 104 valence electrons. The van der Waals surface area contributed by atoms with Crippen LogP contribution >= 0.6 is 0 Å². The fraction of sp³-hybridized carbons (Fsp3) is 0.0588. The minimum Gasteiger partial charge on any atom is -0.306 e. The Hall–Kier alpha value is -2.75. The Balaban J connectivity index is 2.16. The molecule has 0 amide bonds. The zero-order valence-electron chi connectivity index (χ0n) is 11.4. The third-order valence-corrected chi connectivity index (χ3v) is 3.25. The van der Waals surface area contributed by atoms with E-state index in [1.54, 1.807) is 13.0 Å². The van der Waals surface area contributed by atoms with Gasteiger partial charge in [0.25, 0.3) is 5.56 Å². The molecule has 0 unspecified atom stereocenters. The van der Waals surface area contributed by atoms with Gasteiger partial charge in [-0.15, -0.1) is 0 Å². The number of aromatic amines is 1. The average molecular weight is 280 g/mol. The topological polar surface area (TPSA) is 45.8 Å². The number of halogens is 1. The molecule has 2 aromatic carbocycles. The van der Waals surface area contributed by atoms with Gasteiger partial charge in [-0.1, -0.05) is 30.3 Å². The molecule has 3 nitrogen and oxygen atoms in total. The smallest absolute Gasteiger partial charge is 0.251 e. The van der Waals surface area contributed by atoms with E-state index in [1.807, 2.05) is 30.3 Å². The summed E-state index contributed by atoms with van der Waals surface area (Å²) in [6.07, 6.45) is 0. The van der Waals surface area contributed by atoms with Crippen molar-refractivity contribution in [3.63, 3.8) is 0 Å². The highest BCUT2D eigenvalue weighted by atomic mass is 19.1. The molecule has 0 aliphatic heterocycles. The number of hydrogen-bond donors (Lipinski definition) is 1. The summed E-state index contributed by atoms with van der Waals surface area (Å²) in [5.74, 6) is 0.200. The quantitative estimate of drug-likeness (QED) is 0.780. The standard InChI is InChI=1S/C17H13FN2O/c1-11-9-13(18)7-8-14(11)15-10-16(21)20-17(19-15)12-5-3-2-4-6-12/h2-10H,1H3,(H,19,20,21). The first-order valence-electron chi connectivity index (χ1n) is 6.57. The molecular weight excluding hydrogens is 267 g/mol. The highest BCUT2D eigenvalue weighted by Crippen LogP contribution is 2.23. The van der Waals surface area contributed by atoms with Gasteiger partial charge in [-0.2, -0.15) is 0 Å². The molecule has 0 aliphatic carbocycles. The van der Waals surface area contributed by atoms with Gasteiger partial charge < -0.3 is 4.98 Å². The van der Waals surface area contributed by atoms with E-state index < -0.39 is 0 Å². The van der Waals surface area contributed by atoms with Gasteiger partial charge in [0.2, 0.25) is 0 Å². The van der Waals surface area contributed by atoms with E-state index in [1.165, 1.54) is 18.2 Å². The van der Waals surface area contributed by atoms with Crippen LogP contribution in [0.3, 0.4) is 0 Å². The van der Waals surface area contributed by atoms with Crippen molar-refractivity contribution < 1.29 is 4.39 Å². The summed E-state index contributed by atoms with van der Waals surface area (Å²) in [5.41, 5.74) is 2.63. The number of H-pyrrole nitrogens is 1. The highest BCUT2D eigenvalue weighted by molar-refractivity contribution is 5.66. The Morgan fingerprint density at radius 3 is 2.52 bits per heavy atom. The lowest BCUT2D eigenvalue weighted by Crippen LogP contribution is -2.09. The lowest BCUT2D eigenvalue weighted by molar-refractivity contribution is 0.627. The number of rotatable bonds is 2. The summed E-state index contributed by atoms with van der Waals surface area (Å²) in [4.78, 5) is 19.1. The lowest BCUT2D eigenvalue weighted by atomic mass is 10.1. The maximum Gasteiger partial charge on any atom is 0.251 e. The van der Waals surface area contributed by atoms with Crippen molar-refractivity contribution in [3.05, 3.63) is 76.3 Å². The average Bonchev–Trinajstić information content (AvgIpc) is 2.47. The van der Waals surface area contributed by atoms with Crippen LogP contribution in [0.2, 0.25) is 0 Å². The van der Waals surface area contributed by atoms with E-state index in [2.05, 4.69) is 9.97 Å². The predicted molar refractivity (Wildman–Crippen MR) is 80.4 cm³/mol. The van der Waals surface area contributed by atoms with E-state index in [-0.39, 0.29) is 11.4 Å². The second kappa shape index (κ2) is 5.32. The SMILES string of the molecule is Cc1cc(F)ccc1-c1cc(=O)[nH]c(-c2ccccc2)n1. The van der Waals surface area contributed by atoms with Crippen molar-refractivity contribution in [1.29, 1.82) is 0 Å². The molecule has 3 rings (SSSR count). The summed E-state index contributed by atoms with van der Waals surface area (Å²) in [7, 11) is 0. The predicted octanol–water partition coefficient (Wildman–Crippen LogP) is 3.55. The van der Waals surface area contributed by atoms with Gasteiger partial charge >= 0.3 is 0 Å². The molecule has 0 bridgehead atoms. The van der Waals surface area contributed by atoms with Crippen LogP contribution in [0.15, 0.2) is 59.4 Å². The van der Waals surface area contributed by atoms with Crippen LogP contribution in [0.4, 0.5) is 4.39 Å². The number of nitrogens with zero attached hydrogens (tertiary/aromatic N) is 1. The molecule has 0 radical (unpaired) electrons. The van der Waals surface area contributed by atoms with Crippen LogP contribution in [0.5, 0.6) is 0 Å². The van der Waals surface area contributed by atoms with Crippen LogP contribution in [0.1, 0.15) is 5.56 Å². The van der Waals surface area contributed by atoms with Crippen molar-refractivity contribution in [2.75, 3.05) is 0 Å². The van der Waals surface area contributed by atoms with Crippen LogP contribution in [0, 0.1) is 12.7 Å². The minimum atomic E-state index is -0.302. The fourth-order valence-corrected chi connectivity index (χ4v) is 2.24. The minimum absolute atomic E-state index is 0.234. The number of aryl methyl sites for hydroxylation is 1. The van der Waals surface area contributed by atoms with E-state index in [4.69, 9.17) is 0 Å². The van der Waals surface area contributed by atoms with Gasteiger partial charge in [0.15, 0.2) is 0 Å². The van der Waals surface area contributed by atoms with Crippen LogP contribution in [-0.2, 0) is 0 Å². The molecule has 0 saturated heterocycles. The maximum atomic E-state index is 13.2. The summed E-state index contributed by atoms with van der Waals surface area (Å²) in [6, 6.07) is 15.3. The molecule has 21 heavy (non-hydrogen) atoms. The second-order valence-corrected chi connectivity index (χ2v) is 4.80. The molecule has 0 atom stereocenters. The molecule has 0 saturated carbocycles. The summed E-state index contributed by atoms with van der Waals surface area (Å²) >= 11 is 0. The molecular formula is C17H13FN2O. The maximum absolute atomic E-state index is 13.2. The Morgan fingerprint density at radius 2 is 1.81 bits per heavy atom. The van der Waals surface area contributed by atoms with Crippen LogP contribution < -0.4 is 5.56 Å². The van der Waals surface area contributed by atoms with E-state index in [0.717, 1.165) is 16.7 Å². The van der Waals surface area contributed by atoms with Crippen molar-refractivity contribution in [2.24, 2.45) is 0 Å². The van der Waals surface area contributed by atoms with Crippen molar-refractivity contribution in [3.8, 4) is 22.6 Å². The molecule has 1 aromatic heterocycles. The molecule has 4 heteroatoms. The summed E-state index contributed by atoms with van der Waals surface area (Å²) in [6.45, 7) is 1.80. The van der Waals surface area contributed by atoms with Gasteiger partial charge in [0.05, 0.1) is 5.69 Å². The van der Waals surface area contributed by atoms with Gasteiger partial charge in [0, 0.05) is 17.2 Å². The molecule has 3 aromatic rings. The number of benzene rings is 2. The Morgan fingerprint density at radius 1 is 1.05 bits per heavy atom. The van der Waals surface area contributed by atoms with Gasteiger partial charge in [-0.25, -0.2) is 9.37 Å². The molecule has 1 N–H and O–H groups in total. The number of hydrogen-bond acceptors (Lipinski definition) is 2. The third kappa shape index (κ3) is 2.74. The second-order valence-electron chi connectivity index (χ2n) is 4.80. The summed E-state index contributed by atoms with van der Waals surface area (Å²) < 4.78 is 13.2. The Bertz CT molecular complexity index is 841. The Kier molecular flexibility index (Phi) is 3.36. The van der Waals surface area contributed by atoms with Crippen molar-refractivity contribution in [1.82, 2.24) is 9.97 Å². The fourth-order valence-electron chi connectivity index (χ4n) is 2.24. The van der Waals surface area contributed by atoms with Gasteiger partial charge in [-0.05, 0) is 30.7 Å². The lowest BCUT2D eigenvalue weighted by Gasteiger charge is -2.07. The molecule has 0 spiro atoms. The van der Waals surface area contributed by atoms with E-state index in [0.29, 0.717) is 11.5 Å². The zero-order chi connectivity index (χ0) is 14.8. The largest absolute Gasteiger partial charge is 0.306 e. The third-order valence-electron chi connectivity index (χ3n) is 3.25. The molecule has 1 heterocycles. The zero-order valence-corrected chi connectivity index (χ0v) is 11.4. The van der Waals surface area contributed by atoms with Crippen LogP contribution in [0.25, 0.3) is 22.6 Å². The van der Waals surface area contributed by atoms with Gasteiger partial charge in [0.1, 0.15) is 11.6 Å². The Labute approximate surface area is 121 Å². The monoisotopic (exact) mass is 280 g/mol. The summed E-state index contributed by atoms with van der Waals surface area (Å²) in [5, 5.41) is 0. The number of aromatic nitrogens is 2. The first-order chi connectivity index (χ1) is 10.1. The van der Waals surface area contributed by atoms with Crippen LogP contribution in [-0.4, -0.2) is 9.97 Å². The molecule has 0 aliphatic rings. The first-order valence-corrected chi connectivity index (χ1v) is 6.57.